The van der Waals surface area contributed by atoms with Crippen LogP contribution in [0.15, 0.2) is 17.2 Å². The molecule has 0 aliphatic heterocycles. The summed E-state index contributed by atoms with van der Waals surface area (Å²) in [7, 11) is -0.353. The van der Waals surface area contributed by atoms with Crippen molar-refractivity contribution in [3.8, 4) is 0 Å². The van der Waals surface area contributed by atoms with Gasteiger partial charge >= 0.3 is 12.4 Å². The number of hydrogen-bond donors (Lipinski definition) is 0. The Labute approximate surface area is 101 Å². The quantitative estimate of drug-likeness (QED) is 0.591. The van der Waals surface area contributed by atoms with Crippen LogP contribution in [-0.4, -0.2) is 13.4 Å². The molecule has 102 valence electrons. The first kappa shape index (κ1) is 15.0. The second-order valence-corrected chi connectivity index (χ2v) is 5.54. The standard InChI is InChI=1S/C7H2ClF6NO2S/c8-18(16,17)4-1-3(6(9,10)11)2-15-5(4)7(12,13)14/h1-2H. The Kier molecular flexibility index (Phi) is 3.56. The summed E-state index contributed by atoms with van der Waals surface area (Å²) in [6.45, 7) is 0. The summed E-state index contributed by atoms with van der Waals surface area (Å²) in [4.78, 5) is 0.744. The van der Waals surface area contributed by atoms with E-state index < -0.39 is 37.6 Å². The first-order valence-corrected chi connectivity index (χ1v) is 6.23. The lowest BCUT2D eigenvalue weighted by Gasteiger charge is -2.12. The summed E-state index contributed by atoms with van der Waals surface area (Å²) >= 11 is 0. The molecule has 1 heterocycles. The lowest BCUT2D eigenvalue weighted by molar-refractivity contribution is -0.146. The summed E-state index contributed by atoms with van der Waals surface area (Å²) < 4.78 is 95.4. The average molecular weight is 314 g/mol. The Morgan fingerprint density at radius 2 is 1.56 bits per heavy atom. The van der Waals surface area contributed by atoms with Crippen LogP contribution >= 0.6 is 10.7 Å². The summed E-state index contributed by atoms with van der Waals surface area (Å²) in [6.07, 6.45) is -10.4. The molecule has 0 saturated carbocycles. The first-order valence-electron chi connectivity index (χ1n) is 3.92. The molecule has 0 unspecified atom stereocenters. The van der Waals surface area contributed by atoms with Gasteiger partial charge in [0, 0.05) is 16.9 Å². The highest BCUT2D eigenvalue weighted by molar-refractivity contribution is 8.13. The molecule has 18 heavy (non-hydrogen) atoms. The van der Waals surface area contributed by atoms with Crippen molar-refractivity contribution in [3.63, 3.8) is 0 Å². The molecular formula is C7H2ClF6NO2S. The van der Waals surface area contributed by atoms with Gasteiger partial charge in [-0.1, -0.05) is 0 Å². The van der Waals surface area contributed by atoms with Gasteiger partial charge in [0.1, 0.15) is 4.90 Å². The van der Waals surface area contributed by atoms with Crippen LogP contribution in [0, 0.1) is 0 Å². The molecule has 0 bridgehead atoms. The Balaban J connectivity index is 3.61. The fraction of sp³-hybridized carbons (Fsp3) is 0.286. The fourth-order valence-electron chi connectivity index (χ4n) is 0.998. The SMILES string of the molecule is O=S(=O)(Cl)c1cc(C(F)(F)F)cnc1C(F)(F)F. The maximum Gasteiger partial charge on any atom is 0.434 e. The van der Waals surface area contributed by atoms with E-state index in [1.807, 2.05) is 0 Å². The van der Waals surface area contributed by atoms with E-state index in [2.05, 4.69) is 15.7 Å². The first-order chi connectivity index (χ1) is 7.83. The molecule has 0 atom stereocenters. The van der Waals surface area contributed by atoms with E-state index in [9.17, 15) is 34.8 Å². The summed E-state index contributed by atoms with van der Waals surface area (Å²) in [5.74, 6) is 0. The maximum absolute atomic E-state index is 12.3. The number of pyridine rings is 1. The molecule has 0 aromatic carbocycles. The van der Waals surface area contributed by atoms with Gasteiger partial charge in [-0.05, 0) is 6.07 Å². The Bertz CT molecular complexity index is 564. The fourth-order valence-corrected chi connectivity index (χ4v) is 2.02. The average Bonchev–Trinajstić information content (AvgIpc) is 2.12. The molecule has 0 aliphatic carbocycles. The molecule has 1 aromatic rings. The Morgan fingerprint density at radius 3 is 1.89 bits per heavy atom. The van der Waals surface area contributed by atoms with Gasteiger partial charge in [-0.15, -0.1) is 0 Å². The van der Waals surface area contributed by atoms with Crippen LogP contribution in [0.25, 0.3) is 0 Å². The number of aromatic nitrogens is 1. The van der Waals surface area contributed by atoms with Gasteiger partial charge in [0.25, 0.3) is 9.05 Å². The maximum atomic E-state index is 12.3. The molecule has 0 N–H and O–H groups in total. The molecule has 0 amide bonds. The van der Waals surface area contributed by atoms with Crippen molar-refractivity contribution in [3.05, 3.63) is 23.5 Å². The lowest BCUT2D eigenvalue weighted by atomic mass is 10.2. The van der Waals surface area contributed by atoms with Crippen molar-refractivity contribution in [2.75, 3.05) is 0 Å². The van der Waals surface area contributed by atoms with Crippen LogP contribution in [0.1, 0.15) is 11.3 Å². The van der Waals surface area contributed by atoms with E-state index in [1.54, 1.807) is 0 Å². The largest absolute Gasteiger partial charge is 0.434 e. The van der Waals surface area contributed by atoms with Crippen molar-refractivity contribution in [2.45, 2.75) is 17.2 Å². The van der Waals surface area contributed by atoms with Crippen molar-refractivity contribution < 1.29 is 34.8 Å². The summed E-state index contributed by atoms with van der Waals surface area (Å²) in [5.41, 5.74) is -3.64. The zero-order chi connectivity index (χ0) is 14.4. The number of halogens is 7. The van der Waals surface area contributed by atoms with Crippen LogP contribution < -0.4 is 0 Å². The third kappa shape index (κ3) is 3.25. The minimum Gasteiger partial charge on any atom is -0.250 e. The van der Waals surface area contributed by atoms with Gasteiger partial charge in [0.2, 0.25) is 0 Å². The molecule has 0 radical (unpaired) electrons. The van der Waals surface area contributed by atoms with Crippen molar-refractivity contribution in [1.82, 2.24) is 4.98 Å². The number of nitrogens with zero attached hydrogens (tertiary/aromatic N) is 1. The molecule has 0 spiro atoms. The Morgan fingerprint density at radius 1 is 1.06 bits per heavy atom. The van der Waals surface area contributed by atoms with Gasteiger partial charge in [0.15, 0.2) is 5.69 Å². The predicted molar refractivity (Wildman–Crippen MR) is 47.3 cm³/mol. The number of hydrogen-bond acceptors (Lipinski definition) is 3. The molecule has 11 heteroatoms. The summed E-state index contributed by atoms with van der Waals surface area (Å²) in [6, 6.07) is -0.210. The molecule has 0 fully saturated rings. The van der Waals surface area contributed by atoms with Crippen LogP contribution in [0.2, 0.25) is 0 Å². The Hall–Kier alpha value is -1.03. The highest BCUT2D eigenvalue weighted by atomic mass is 35.7. The van der Waals surface area contributed by atoms with Crippen molar-refractivity contribution in [2.24, 2.45) is 0 Å². The molecule has 0 aliphatic rings. The van der Waals surface area contributed by atoms with E-state index in [0.29, 0.717) is 0 Å². The zero-order valence-corrected chi connectivity index (χ0v) is 9.54. The molecule has 0 saturated heterocycles. The third-order valence-corrected chi connectivity index (χ3v) is 3.05. The van der Waals surface area contributed by atoms with Gasteiger partial charge in [-0.3, -0.25) is 0 Å². The number of rotatable bonds is 1. The normalized spacial score (nSPS) is 13.7. The van der Waals surface area contributed by atoms with Gasteiger partial charge in [-0.2, -0.15) is 26.3 Å². The zero-order valence-electron chi connectivity index (χ0n) is 7.97. The molecule has 1 aromatic heterocycles. The van der Waals surface area contributed by atoms with Crippen LogP contribution in [0.3, 0.4) is 0 Å². The van der Waals surface area contributed by atoms with Crippen molar-refractivity contribution >= 4 is 19.7 Å². The predicted octanol–water partition coefficient (Wildman–Crippen LogP) is 3.05. The second kappa shape index (κ2) is 4.26. The minimum atomic E-state index is -5.23. The lowest BCUT2D eigenvalue weighted by Crippen LogP contribution is -2.16. The van der Waals surface area contributed by atoms with E-state index in [-0.39, 0.29) is 12.3 Å². The topological polar surface area (TPSA) is 47.0 Å². The van der Waals surface area contributed by atoms with E-state index >= 15 is 0 Å². The molecule has 1 rings (SSSR count). The summed E-state index contributed by atoms with van der Waals surface area (Å²) in [5, 5.41) is 0. The van der Waals surface area contributed by atoms with Gasteiger partial charge in [0.05, 0.1) is 5.56 Å². The number of alkyl halides is 6. The monoisotopic (exact) mass is 313 g/mol. The highest BCUT2D eigenvalue weighted by Crippen LogP contribution is 2.37. The van der Waals surface area contributed by atoms with Crippen LogP contribution in [0.4, 0.5) is 26.3 Å². The molecular weight excluding hydrogens is 312 g/mol. The second-order valence-electron chi connectivity index (χ2n) is 3.00. The van der Waals surface area contributed by atoms with Crippen LogP contribution in [0.5, 0.6) is 0 Å². The van der Waals surface area contributed by atoms with E-state index in [4.69, 9.17) is 0 Å². The smallest absolute Gasteiger partial charge is 0.250 e. The van der Waals surface area contributed by atoms with Gasteiger partial charge in [-0.25, -0.2) is 13.4 Å². The van der Waals surface area contributed by atoms with E-state index in [1.165, 1.54) is 0 Å². The molecule has 3 nitrogen and oxygen atoms in total. The minimum absolute atomic E-state index is 0.117. The van der Waals surface area contributed by atoms with E-state index in [0.717, 1.165) is 0 Å². The third-order valence-electron chi connectivity index (χ3n) is 1.71. The van der Waals surface area contributed by atoms with Crippen LogP contribution in [-0.2, 0) is 21.4 Å². The van der Waals surface area contributed by atoms with Gasteiger partial charge < -0.3 is 0 Å². The van der Waals surface area contributed by atoms with Crippen molar-refractivity contribution in [1.29, 1.82) is 0 Å². The highest BCUT2D eigenvalue weighted by Gasteiger charge is 2.41.